The summed E-state index contributed by atoms with van der Waals surface area (Å²) in [6.07, 6.45) is 2.74. The number of ether oxygens (including phenoxy) is 1. The predicted molar refractivity (Wildman–Crippen MR) is 121 cm³/mol. The molecule has 0 unspecified atom stereocenters. The molecule has 34 heavy (non-hydrogen) atoms. The number of halogens is 2. The molecule has 9 nitrogen and oxygen atoms in total. The molecule has 3 aromatic rings. The number of pyridine rings is 1. The molecule has 0 bridgehead atoms. The molecule has 2 aromatic heterocycles. The lowest BCUT2D eigenvalue weighted by Crippen LogP contribution is -2.41. The van der Waals surface area contributed by atoms with Crippen molar-refractivity contribution >= 4 is 26.8 Å². The normalized spacial score (nSPS) is 15.0. The molecule has 4 rings (SSSR count). The van der Waals surface area contributed by atoms with Gasteiger partial charge in [0, 0.05) is 56.4 Å². The Balaban J connectivity index is 1.67. The molecule has 1 fully saturated rings. The van der Waals surface area contributed by atoms with Gasteiger partial charge in [-0.3, -0.25) is 9.69 Å². The highest BCUT2D eigenvalue weighted by atomic mass is 32.2. The maximum atomic E-state index is 14.3. The molecule has 0 radical (unpaired) electrons. The van der Waals surface area contributed by atoms with Crippen molar-refractivity contribution in [1.29, 1.82) is 0 Å². The summed E-state index contributed by atoms with van der Waals surface area (Å²) in [7, 11) is -2.52. The number of sulfonamides is 1. The first kappa shape index (κ1) is 24.2. The zero-order valence-electron chi connectivity index (χ0n) is 18.6. The van der Waals surface area contributed by atoms with Crippen molar-refractivity contribution in [2.45, 2.75) is 11.4 Å². The second-order valence-electron chi connectivity index (χ2n) is 7.87. The van der Waals surface area contributed by atoms with Crippen molar-refractivity contribution in [2.75, 3.05) is 46.4 Å². The fraction of sp³-hybridized carbons (Fsp3) is 0.364. The van der Waals surface area contributed by atoms with Crippen molar-refractivity contribution in [2.24, 2.45) is 0 Å². The van der Waals surface area contributed by atoms with Crippen LogP contribution in [-0.2, 0) is 21.3 Å². The molecule has 1 saturated heterocycles. The van der Waals surface area contributed by atoms with Crippen LogP contribution >= 0.6 is 0 Å². The van der Waals surface area contributed by atoms with Crippen LogP contribution in [0.2, 0.25) is 0 Å². The molecule has 1 aliphatic heterocycles. The second kappa shape index (κ2) is 10.1. The number of benzene rings is 1. The molecule has 0 saturated carbocycles. The number of morpholine rings is 1. The molecule has 1 aliphatic rings. The highest BCUT2D eigenvalue weighted by Gasteiger charge is 2.23. The van der Waals surface area contributed by atoms with Crippen LogP contribution in [0.5, 0.6) is 0 Å². The van der Waals surface area contributed by atoms with E-state index in [9.17, 15) is 22.0 Å². The second-order valence-corrected chi connectivity index (χ2v) is 9.61. The van der Waals surface area contributed by atoms with E-state index in [2.05, 4.69) is 19.9 Å². The Labute approximate surface area is 195 Å². The largest absolute Gasteiger partial charge is 0.379 e. The minimum atomic E-state index is -3.97. The highest BCUT2D eigenvalue weighted by molar-refractivity contribution is 7.89. The van der Waals surface area contributed by atoms with Crippen LogP contribution in [0.3, 0.4) is 0 Å². The van der Waals surface area contributed by atoms with Crippen molar-refractivity contribution in [3.8, 4) is 0 Å². The summed E-state index contributed by atoms with van der Waals surface area (Å²) in [4.78, 5) is 18.2. The maximum Gasteiger partial charge on any atom is 0.269 e. The summed E-state index contributed by atoms with van der Waals surface area (Å²) in [5.41, 5.74) is 0.619. The van der Waals surface area contributed by atoms with Gasteiger partial charge in [-0.2, -0.15) is 0 Å². The Morgan fingerprint density at radius 3 is 2.68 bits per heavy atom. The van der Waals surface area contributed by atoms with Crippen LogP contribution in [0, 0.1) is 11.6 Å². The number of carbonyl (C=O) groups is 1. The number of nitrogens with one attached hydrogen (secondary N) is 2. The van der Waals surface area contributed by atoms with Crippen molar-refractivity contribution in [3.63, 3.8) is 0 Å². The Bertz CT molecular complexity index is 1310. The maximum absolute atomic E-state index is 14.3. The van der Waals surface area contributed by atoms with Crippen LogP contribution in [0.25, 0.3) is 10.9 Å². The van der Waals surface area contributed by atoms with Gasteiger partial charge in [0.1, 0.15) is 22.2 Å². The number of amides is 1. The minimum Gasteiger partial charge on any atom is -0.379 e. The fourth-order valence-electron chi connectivity index (χ4n) is 3.83. The summed E-state index contributed by atoms with van der Waals surface area (Å²) in [5.74, 6) is -1.92. The van der Waals surface area contributed by atoms with E-state index in [1.54, 1.807) is 0 Å². The molecule has 2 N–H and O–H groups in total. The summed E-state index contributed by atoms with van der Waals surface area (Å²) < 4.78 is 63.4. The van der Waals surface area contributed by atoms with E-state index < -0.39 is 27.6 Å². The van der Waals surface area contributed by atoms with E-state index in [-0.39, 0.29) is 34.6 Å². The number of hydrogen-bond acceptors (Lipinski definition) is 6. The zero-order chi connectivity index (χ0) is 24.3. The average molecular weight is 494 g/mol. The first-order valence-electron chi connectivity index (χ1n) is 10.7. The SMILES string of the molecule is CNC(=O)c1cc2c(S(=O)(=O)NCCN3CCOCC3)cn(Cc3ccc(F)cc3F)c2cn1. The molecule has 1 amide bonds. The summed E-state index contributed by atoms with van der Waals surface area (Å²) in [6, 6.07) is 4.60. The number of fused-ring (bicyclic) bond motifs is 1. The molecule has 0 spiro atoms. The average Bonchev–Trinajstić information content (AvgIpc) is 3.19. The van der Waals surface area contributed by atoms with Crippen LogP contribution in [0.15, 0.2) is 41.6 Å². The van der Waals surface area contributed by atoms with Gasteiger partial charge in [-0.1, -0.05) is 6.07 Å². The number of nitrogens with zero attached hydrogens (tertiary/aromatic N) is 3. The number of rotatable bonds is 8. The van der Waals surface area contributed by atoms with Gasteiger partial charge in [-0.15, -0.1) is 0 Å². The Morgan fingerprint density at radius 1 is 1.21 bits per heavy atom. The number of hydrogen-bond donors (Lipinski definition) is 2. The third kappa shape index (κ3) is 5.25. The molecule has 1 aromatic carbocycles. The van der Waals surface area contributed by atoms with E-state index in [0.29, 0.717) is 25.3 Å². The van der Waals surface area contributed by atoms with Crippen LogP contribution < -0.4 is 10.0 Å². The van der Waals surface area contributed by atoms with Gasteiger partial charge >= 0.3 is 0 Å². The smallest absolute Gasteiger partial charge is 0.269 e. The molecule has 0 atom stereocenters. The Kier molecular flexibility index (Phi) is 7.22. The van der Waals surface area contributed by atoms with E-state index in [1.165, 1.54) is 36.1 Å². The molecule has 3 heterocycles. The molecule has 12 heteroatoms. The summed E-state index contributed by atoms with van der Waals surface area (Å²) in [6.45, 7) is 3.33. The topological polar surface area (TPSA) is 106 Å². The molecule has 0 aliphatic carbocycles. The number of aromatic nitrogens is 2. The fourth-order valence-corrected chi connectivity index (χ4v) is 5.06. The van der Waals surface area contributed by atoms with Gasteiger partial charge in [-0.25, -0.2) is 26.9 Å². The van der Waals surface area contributed by atoms with E-state index >= 15 is 0 Å². The van der Waals surface area contributed by atoms with Crippen LogP contribution in [-0.4, -0.2) is 75.2 Å². The molecule has 182 valence electrons. The third-order valence-corrected chi connectivity index (χ3v) is 7.15. The van der Waals surface area contributed by atoms with E-state index in [4.69, 9.17) is 4.74 Å². The first-order chi connectivity index (χ1) is 16.3. The monoisotopic (exact) mass is 493 g/mol. The van der Waals surface area contributed by atoms with Gasteiger partial charge in [-0.05, 0) is 12.1 Å². The third-order valence-electron chi connectivity index (χ3n) is 5.66. The van der Waals surface area contributed by atoms with Gasteiger partial charge in [0.05, 0.1) is 31.5 Å². The van der Waals surface area contributed by atoms with Gasteiger partial charge < -0.3 is 14.6 Å². The van der Waals surface area contributed by atoms with Gasteiger partial charge in [0.25, 0.3) is 5.91 Å². The lowest BCUT2D eigenvalue weighted by molar-refractivity contribution is 0.0390. The standard InChI is InChI=1S/C22H25F2N5O4S/c1-25-22(30)19-11-17-20(12-26-19)29(13-15-2-3-16(23)10-18(15)24)14-21(17)34(31,32)27-4-5-28-6-8-33-9-7-28/h2-3,10-12,14,27H,4-9,13H2,1H3,(H,25,30). The molecular formula is C22H25F2N5O4S. The molecular weight excluding hydrogens is 468 g/mol. The van der Waals surface area contributed by atoms with E-state index in [0.717, 1.165) is 25.2 Å². The van der Waals surface area contributed by atoms with Crippen LogP contribution in [0.4, 0.5) is 8.78 Å². The lowest BCUT2D eigenvalue weighted by atomic mass is 10.2. The van der Waals surface area contributed by atoms with Crippen molar-refractivity contribution < 1.29 is 26.7 Å². The first-order valence-corrected chi connectivity index (χ1v) is 12.2. The minimum absolute atomic E-state index is 0.0467. The van der Waals surface area contributed by atoms with Gasteiger partial charge in [0.2, 0.25) is 10.0 Å². The quantitative estimate of drug-likeness (QED) is 0.491. The summed E-state index contributed by atoms with van der Waals surface area (Å²) >= 11 is 0. The summed E-state index contributed by atoms with van der Waals surface area (Å²) in [5, 5.41) is 2.73. The van der Waals surface area contributed by atoms with E-state index in [1.807, 2.05) is 0 Å². The predicted octanol–water partition coefficient (Wildman–Crippen LogP) is 1.33. The Morgan fingerprint density at radius 2 is 1.97 bits per heavy atom. The van der Waals surface area contributed by atoms with Crippen LogP contribution in [0.1, 0.15) is 16.1 Å². The Hall–Kier alpha value is -2.93. The van der Waals surface area contributed by atoms with Gasteiger partial charge in [0.15, 0.2) is 0 Å². The highest BCUT2D eigenvalue weighted by Crippen LogP contribution is 2.27. The lowest BCUT2D eigenvalue weighted by Gasteiger charge is -2.26. The van der Waals surface area contributed by atoms with Crippen molar-refractivity contribution in [3.05, 3.63) is 59.6 Å². The zero-order valence-corrected chi connectivity index (χ0v) is 19.4. The van der Waals surface area contributed by atoms with Crippen molar-refractivity contribution in [1.82, 2.24) is 24.5 Å². The number of carbonyl (C=O) groups excluding carboxylic acids is 1.